The largest absolute Gasteiger partial charge is 0.496 e. The molecule has 0 aliphatic heterocycles. The summed E-state index contributed by atoms with van der Waals surface area (Å²) in [7, 11) is 1.67. The van der Waals surface area contributed by atoms with Crippen LogP contribution in [-0.2, 0) is 13.1 Å². The van der Waals surface area contributed by atoms with Crippen LogP contribution in [0.4, 0.5) is 0 Å². The van der Waals surface area contributed by atoms with Crippen LogP contribution in [0.15, 0.2) is 36.4 Å². The number of ether oxygens (including phenoxy) is 2. The van der Waals surface area contributed by atoms with Crippen LogP contribution in [0.5, 0.6) is 11.5 Å². The van der Waals surface area contributed by atoms with Crippen LogP contribution in [0.25, 0.3) is 0 Å². The Morgan fingerprint density at radius 2 is 1.77 bits per heavy atom. The van der Waals surface area contributed by atoms with E-state index in [9.17, 15) is 0 Å². The molecule has 0 bridgehead atoms. The third-order valence-electron chi connectivity index (χ3n) is 3.20. The fraction of sp³-hybridized carbons (Fsp3) is 0.294. The number of para-hydroxylation sites is 1. The number of methoxy groups -OCH3 is 1. The van der Waals surface area contributed by atoms with Gasteiger partial charge in [-0.15, -0.1) is 0 Å². The lowest BCUT2D eigenvalue weighted by atomic mass is 10.1. The van der Waals surface area contributed by atoms with E-state index in [0.717, 1.165) is 16.9 Å². The zero-order chi connectivity index (χ0) is 15.9. The molecule has 2 rings (SSSR count). The third-order valence-corrected chi connectivity index (χ3v) is 3.70. The first-order chi connectivity index (χ1) is 10.7. The summed E-state index contributed by atoms with van der Waals surface area (Å²) in [5.74, 6) is 1.55. The van der Waals surface area contributed by atoms with Crippen molar-refractivity contribution in [1.82, 2.24) is 5.32 Å². The Hall–Kier alpha value is -1.42. The summed E-state index contributed by atoms with van der Waals surface area (Å²) in [4.78, 5) is 0. The zero-order valence-corrected chi connectivity index (χ0v) is 14.2. The Bertz CT molecular complexity index is 632. The summed E-state index contributed by atoms with van der Waals surface area (Å²) in [5, 5.41) is 4.50. The number of nitrogens with one attached hydrogen (secondary N) is 1. The second-order valence-corrected chi connectivity index (χ2v) is 5.57. The van der Waals surface area contributed by atoms with Crippen LogP contribution in [0, 0.1) is 0 Å². The molecule has 1 N–H and O–H groups in total. The van der Waals surface area contributed by atoms with Crippen molar-refractivity contribution < 1.29 is 9.47 Å². The molecule has 118 valence electrons. The first-order valence-electron chi connectivity index (χ1n) is 7.09. The molecular weight excluding hydrogens is 321 g/mol. The maximum Gasteiger partial charge on any atom is 0.142 e. The summed E-state index contributed by atoms with van der Waals surface area (Å²) in [6.45, 7) is 3.77. The highest BCUT2D eigenvalue weighted by Gasteiger charge is 2.10. The molecule has 0 saturated heterocycles. The van der Waals surface area contributed by atoms with E-state index in [0.29, 0.717) is 35.5 Å². The average Bonchev–Trinajstić information content (AvgIpc) is 2.51. The van der Waals surface area contributed by atoms with E-state index in [1.54, 1.807) is 13.2 Å². The number of halogens is 2. The second kappa shape index (κ2) is 8.28. The van der Waals surface area contributed by atoms with Gasteiger partial charge < -0.3 is 14.8 Å². The second-order valence-electron chi connectivity index (χ2n) is 4.72. The van der Waals surface area contributed by atoms with E-state index in [4.69, 9.17) is 32.7 Å². The van der Waals surface area contributed by atoms with Gasteiger partial charge in [-0.05, 0) is 25.1 Å². The fourth-order valence-electron chi connectivity index (χ4n) is 2.23. The molecule has 0 saturated carbocycles. The van der Waals surface area contributed by atoms with E-state index in [-0.39, 0.29) is 0 Å². The van der Waals surface area contributed by atoms with Crippen LogP contribution in [0.1, 0.15) is 18.1 Å². The molecule has 0 heterocycles. The van der Waals surface area contributed by atoms with Crippen LogP contribution in [0.2, 0.25) is 10.0 Å². The quantitative estimate of drug-likeness (QED) is 0.793. The minimum absolute atomic E-state index is 0.531. The molecule has 0 spiro atoms. The van der Waals surface area contributed by atoms with Crippen molar-refractivity contribution in [2.24, 2.45) is 0 Å². The van der Waals surface area contributed by atoms with Crippen molar-refractivity contribution in [3.8, 4) is 11.5 Å². The molecule has 3 nitrogen and oxygen atoms in total. The molecule has 0 aliphatic rings. The van der Waals surface area contributed by atoms with E-state index in [1.807, 2.05) is 37.3 Å². The van der Waals surface area contributed by atoms with Crippen LogP contribution in [-0.4, -0.2) is 13.7 Å². The van der Waals surface area contributed by atoms with Gasteiger partial charge in [-0.1, -0.05) is 41.4 Å². The third kappa shape index (κ3) is 4.29. The van der Waals surface area contributed by atoms with Gasteiger partial charge in [0.1, 0.15) is 11.5 Å². The molecule has 0 unspecified atom stereocenters. The van der Waals surface area contributed by atoms with Gasteiger partial charge in [-0.2, -0.15) is 0 Å². The summed E-state index contributed by atoms with van der Waals surface area (Å²) < 4.78 is 11.0. The molecule has 0 aromatic heterocycles. The monoisotopic (exact) mass is 339 g/mol. The summed E-state index contributed by atoms with van der Waals surface area (Å²) in [6.07, 6.45) is 0. The van der Waals surface area contributed by atoms with Gasteiger partial charge in [0.05, 0.1) is 18.7 Å². The number of hydrogen-bond acceptors (Lipinski definition) is 3. The topological polar surface area (TPSA) is 30.5 Å². The van der Waals surface area contributed by atoms with Crippen LogP contribution >= 0.6 is 23.2 Å². The Morgan fingerprint density at radius 1 is 1.05 bits per heavy atom. The highest BCUT2D eigenvalue weighted by Crippen LogP contribution is 2.32. The van der Waals surface area contributed by atoms with E-state index >= 15 is 0 Å². The van der Waals surface area contributed by atoms with E-state index in [2.05, 4.69) is 5.32 Å². The van der Waals surface area contributed by atoms with Gasteiger partial charge >= 0.3 is 0 Å². The smallest absolute Gasteiger partial charge is 0.142 e. The Balaban J connectivity index is 2.08. The maximum atomic E-state index is 6.20. The van der Waals surface area contributed by atoms with Gasteiger partial charge in [-0.25, -0.2) is 0 Å². The number of benzene rings is 2. The Labute approximate surface area is 141 Å². The molecule has 2 aromatic carbocycles. The molecule has 5 heteroatoms. The predicted molar refractivity (Wildman–Crippen MR) is 91.2 cm³/mol. The normalized spacial score (nSPS) is 10.5. The summed E-state index contributed by atoms with van der Waals surface area (Å²) in [5.41, 5.74) is 2.03. The van der Waals surface area contributed by atoms with Gasteiger partial charge in [0.2, 0.25) is 0 Å². The predicted octanol–water partition coefficient (Wildman–Crippen LogP) is 4.69. The Kier molecular flexibility index (Phi) is 6.37. The summed E-state index contributed by atoms with van der Waals surface area (Å²) in [6, 6.07) is 11.5. The van der Waals surface area contributed by atoms with Crippen molar-refractivity contribution in [2.75, 3.05) is 13.7 Å². The Morgan fingerprint density at radius 3 is 2.50 bits per heavy atom. The molecule has 0 fully saturated rings. The molecule has 22 heavy (non-hydrogen) atoms. The molecule has 0 amide bonds. The lowest BCUT2D eigenvalue weighted by Gasteiger charge is -2.14. The van der Waals surface area contributed by atoms with Gasteiger partial charge in [0.15, 0.2) is 0 Å². The lowest BCUT2D eigenvalue weighted by molar-refractivity contribution is 0.335. The molecule has 0 radical (unpaired) electrons. The first kappa shape index (κ1) is 16.9. The highest BCUT2D eigenvalue weighted by molar-refractivity contribution is 6.35. The van der Waals surface area contributed by atoms with Gasteiger partial charge in [0, 0.05) is 29.2 Å². The zero-order valence-electron chi connectivity index (χ0n) is 12.7. The SMILES string of the molecule is CCOc1c(Cl)cc(Cl)cc1CNCc1ccccc1OC. The molecular formula is C17H19Cl2NO2. The van der Waals surface area contributed by atoms with Crippen LogP contribution in [0.3, 0.4) is 0 Å². The maximum absolute atomic E-state index is 6.20. The number of hydrogen-bond donors (Lipinski definition) is 1. The van der Waals surface area contributed by atoms with E-state index in [1.165, 1.54) is 0 Å². The number of rotatable bonds is 7. The van der Waals surface area contributed by atoms with Crippen molar-refractivity contribution in [2.45, 2.75) is 20.0 Å². The van der Waals surface area contributed by atoms with Crippen molar-refractivity contribution in [1.29, 1.82) is 0 Å². The minimum atomic E-state index is 0.531. The van der Waals surface area contributed by atoms with Gasteiger partial charge in [-0.3, -0.25) is 0 Å². The first-order valence-corrected chi connectivity index (χ1v) is 7.84. The fourth-order valence-corrected chi connectivity index (χ4v) is 2.82. The van der Waals surface area contributed by atoms with Gasteiger partial charge in [0.25, 0.3) is 0 Å². The van der Waals surface area contributed by atoms with Crippen molar-refractivity contribution >= 4 is 23.2 Å². The standard InChI is InChI=1S/C17H19Cl2NO2/c1-3-22-17-13(8-14(18)9-15(17)19)11-20-10-12-6-4-5-7-16(12)21-2/h4-9,20H,3,10-11H2,1-2H3. The lowest BCUT2D eigenvalue weighted by Crippen LogP contribution is -2.14. The molecule has 2 aromatic rings. The molecule has 0 aliphatic carbocycles. The molecule has 0 atom stereocenters. The van der Waals surface area contributed by atoms with Crippen molar-refractivity contribution in [3.05, 3.63) is 57.6 Å². The summed E-state index contributed by atoms with van der Waals surface area (Å²) >= 11 is 12.3. The van der Waals surface area contributed by atoms with Crippen molar-refractivity contribution in [3.63, 3.8) is 0 Å². The average molecular weight is 340 g/mol. The van der Waals surface area contributed by atoms with E-state index < -0.39 is 0 Å². The van der Waals surface area contributed by atoms with Crippen LogP contribution < -0.4 is 14.8 Å². The highest BCUT2D eigenvalue weighted by atomic mass is 35.5. The minimum Gasteiger partial charge on any atom is -0.496 e.